The summed E-state index contributed by atoms with van der Waals surface area (Å²) in [7, 11) is 0. The topological polar surface area (TPSA) is 73.0 Å². The van der Waals surface area contributed by atoms with Gasteiger partial charge in [-0.15, -0.1) is 0 Å². The molecular weight excluding hydrogens is 282 g/mol. The van der Waals surface area contributed by atoms with Gasteiger partial charge in [0.05, 0.1) is 6.04 Å². The number of rotatable bonds is 4. The van der Waals surface area contributed by atoms with Gasteiger partial charge in [-0.3, -0.25) is 9.59 Å². The van der Waals surface area contributed by atoms with Gasteiger partial charge in [-0.1, -0.05) is 6.07 Å². The molecule has 0 aliphatic carbocycles. The van der Waals surface area contributed by atoms with E-state index in [1.54, 1.807) is 29.2 Å². The number of carbonyl (C=O) groups is 1. The van der Waals surface area contributed by atoms with Crippen LogP contribution in [0.15, 0.2) is 41.8 Å². The quantitative estimate of drug-likeness (QED) is 0.833. The highest BCUT2D eigenvalue weighted by Crippen LogP contribution is 2.20. The van der Waals surface area contributed by atoms with Gasteiger partial charge < -0.3 is 9.47 Å². The number of hydrogen-bond acceptors (Lipinski definition) is 4. The lowest BCUT2D eigenvalue weighted by Crippen LogP contribution is -2.41. The van der Waals surface area contributed by atoms with Crippen molar-refractivity contribution >= 4 is 5.91 Å². The van der Waals surface area contributed by atoms with Gasteiger partial charge in [-0.2, -0.15) is 5.10 Å². The minimum absolute atomic E-state index is 0.0746. The monoisotopic (exact) mass is 301 g/mol. The Hall–Kier alpha value is -2.44. The molecule has 0 aromatic carbocycles. The standard InChI is InChI=1S/C15H19N5O2/c21-14-5-1-2-7-18(14)9-6-15(22)19-8-3-4-13(10-19)20-12-16-11-17-20/h1-2,5,7,11-13H,3-4,6,8-10H2/t13-/m0/s1. The molecule has 1 atom stereocenters. The van der Waals surface area contributed by atoms with Gasteiger partial charge in [0.1, 0.15) is 12.7 Å². The molecule has 2 aromatic heterocycles. The molecule has 0 saturated carbocycles. The van der Waals surface area contributed by atoms with Crippen LogP contribution in [0.1, 0.15) is 25.3 Å². The number of likely N-dealkylation sites (tertiary alicyclic amines) is 1. The van der Waals surface area contributed by atoms with Gasteiger partial charge in [0, 0.05) is 38.3 Å². The fraction of sp³-hybridized carbons (Fsp3) is 0.467. The van der Waals surface area contributed by atoms with E-state index in [9.17, 15) is 9.59 Å². The van der Waals surface area contributed by atoms with E-state index in [0.717, 1.165) is 19.4 Å². The summed E-state index contributed by atoms with van der Waals surface area (Å²) in [4.78, 5) is 29.8. The van der Waals surface area contributed by atoms with E-state index in [0.29, 0.717) is 19.5 Å². The number of pyridine rings is 1. The zero-order chi connectivity index (χ0) is 15.4. The first kappa shape index (κ1) is 14.5. The van der Waals surface area contributed by atoms with Crippen molar-refractivity contribution in [2.75, 3.05) is 13.1 Å². The Bertz CT molecular complexity index is 679. The molecule has 0 bridgehead atoms. The number of hydrogen-bond donors (Lipinski definition) is 0. The molecule has 1 aliphatic heterocycles. The predicted octanol–water partition coefficient (Wildman–Crippen LogP) is 0.694. The van der Waals surface area contributed by atoms with Crippen LogP contribution in [0, 0.1) is 0 Å². The number of nitrogens with zero attached hydrogens (tertiary/aromatic N) is 5. The van der Waals surface area contributed by atoms with Crippen molar-refractivity contribution in [3.05, 3.63) is 47.4 Å². The Morgan fingerprint density at radius 3 is 3.05 bits per heavy atom. The molecule has 1 fully saturated rings. The van der Waals surface area contributed by atoms with Crippen LogP contribution in [-0.2, 0) is 11.3 Å². The summed E-state index contributed by atoms with van der Waals surface area (Å²) >= 11 is 0. The lowest BCUT2D eigenvalue weighted by atomic mass is 10.1. The Morgan fingerprint density at radius 2 is 2.27 bits per heavy atom. The molecule has 1 amide bonds. The van der Waals surface area contributed by atoms with E-state index in [4.69, 9.17) is 0 Å². The smallest absolute Gasteiger partial charge is 0.250 e. The van der Waals surface area contributed by atoms with Crippen LogP contribution in [0.3, 0.4) is 0 Å². The van der Waals surface area contributed by atoms with Crippen molar-refractivity contribution in [3.63, 3.8) is 0 Å². The van der Waals surface area contributed by atoms with Crippen molar-refractivity contribution in [2.24, 2.45) is 0 Å². The lowest BCUT2D eigenvalue weighted by molar-refractivity contribution is -0.133. The molecule has 3 heterocycles. The average Bonchev–Trinajstić information content (AvgIpc) is 3.08. The van der Waals surface area contributed by atoms with Crippen LogP contribution in [0.4, 0.5) is 0 Å². The molecular formula is C15H19N5O2. The highest BCUT2D eigenvalue weighted by atomic mass is 16.2. The van der Waals surface area contributed by atoms with Gasteiger partial charge in [-0.05, 0) is 18.9 Å². The normalized spacial score (nSPS) is 18.4. The van der Waals surface area contributed by atoms with Crippen molar-refractivity contribution in [1.29, 1.82) is 0 Å². The van der Waals surface area contributed by atoms with Crippen LogP contribution in [0.2, 0.25) is 0 Å². The van der Waals surface area contributed by atoms with Crippen molar-refractivity contribution in [2.45, 2.75) is 31.8 Å². The van der Waals surface area contributed by atoms with Crippen molar-refractivity contribution in [1.82, 2.24) is 24.2 Å². The maximum Gasteiger partial charge on any atom is 0.250 e. The van der Waals surface area contributed by atoms with E-state index in [1.165, 1.54) is 12.4 Å². The van der Waals surface area contributed by atoms with Crippen molar-refractivity contribution in [3.8, 4) is 0 Å². The Kier molecular flexibility index (Phi) is 4.32. The Morgan fingerprint density at radius 1 is 1.36 bits per heavy atom. The molecule has 1 saturated heterocycles. The Labute approximate surface area is 128 Å². The highest BCUT2D eigenvalue weighted by molar-refractivity contribution is 5.76. The van der Waals surface area contributed by atoms with Gasteiger partial charge >= 0.3 is 0 Å². The zero-order valence-electron chi connectivity index (χ0n) is 12.3. The molecule has 22 heavy (non-hydrogen) atoms. The fourth-order valence-electron chi connectivity index (χ4n) is 2.82. The summed E-state index contributed by atoms with van der Waals surface area (Å²) < 4.78 is 3.39. The van der Waals surface area contributed by atoms with Crippen LogP contribution in [-0.4, -0.2) is 43.2 Å². The van der Waals surface area contributed by atoms with E-state index in [-0.39, 0.29) is 17.5 Å². The molecule has 2 aromatic rings. The molecule has 1 aliphatic rings. The summed E-state index contributed by atoms with van der Waals surface area (Å²) in [5, 5.41) is 4.16. The number of piperidine rings is 1. The first-order valence-corrected chi connectivity index (χ1v) is 7.51. The third-order valence-corrected chi connectivity index (χ3v) is 4.03. The minimum Gasteiger partial charge on any atom is -0.340 e. The van der Waals surface area contributed by atoms with Gasteiger partial charge in [0.15, 0.2) is 0 Å². The maximum absolute atomic E-state index is 12.4. The van der Waals surface area contributed by atoms with E-state index in [1.807, 2.05) is 9.58 Å². The van der Waals surface area contributed by atoms with E-state index < -0.39 is 0 Å². The largest absolute Gasteiger partial charge is 0.340 e. The summed E-state index contributed by atoms with van der Waals surface area (Å²) in [6.07, 6.45) is 7.23. The van der Waals surface area contributed by atoms with Gasteiger partial charge in [-0.25, -0.2) is 9.67 Å². The summed E-state index contributed by atoms with van der Waals surface area (Å²) in [5.74, 6) is 0.0839. The third kappa shape index (κ3) is 3.24. The molecule has 0 radical (unpaired) electrons. The molecule has 7 nitrogen and oxygen atoms in total. The molecule has 0 N–H and O–H groups in total. The first-order valence-electron chi connectivity index (χ1n) is 7.51. The maximum atomic E-state index is 12.4. The zero-order valence-corrected chi connectivity index (χ0v) is 12.3. The lowest BCUT2D eigenvalue weighted by Gasteiger charge is -2.32. The Balaban J connectivity index is 1.58. The number of aryl methyl sites for hydroxylation is 1. The van der Waals surface area contributed by atoms with E-state index >= 15 is 0 Å². The van der Waals surface area contributed by atoms with Gasteiger partial charge in [0.2, 0.25) is 5.91 Å². The molecule has 0 unspecified atom stereocenters. The van der Waals surface area contributed by atoms with Crippen LogP contribution < -0.4 is 5.56 Å². The van der Waals surface area contributed by atoms with Crippen LogP contribution >= 0.6 is 0 Å². The minimum atomic E-state index is -0.0746. The molecule has 7 heteroatoms. The predicted molar refractivity (Wildman–Crippen MR) is 80.2 cm³/mol. The third-order valence-electron chi connectivity index (χ3n) is 4.03. The fourth-order valence-corrected chi connectivity index (χ4v) is 2.82. The number of amides is 1. The first-order chi connectivity index (χ1) is 10.7. The van der Waals surface area contributed by atoms with E-state index in [2.05, 4.69) is 10.1 Å². The second-order valence-electron chi connectivity index (χ2n) is 5.49. The summed E-state index contributed by atoms with van der Waals surface area (Å²) in [5.41, 5.74) is -0.0746. The summed E-state index contributed by atoms with van der Waals surface area (Å²) in [6.45, 7) is 1.85. The number of aromatic nitrogens is 4. The second-order valence-corrected chi connectivity index (χ2v) is 5.49. The summed E-state index contributed by atoms with van der Waals surface area (Å²) in [6, 6.07) is 5.20. The molecule has 116 valence electrons. The van der Waals surface area contributed by atoms with Crippen molar-refractivity contribution < 1.29 is 4.79 Å². The number of carbonyl (C=O) groups excluding carboxylic acids is 1. The van der Waals surface area contributed by atoms with Crippen LogP contribution in [0.25, 0.3) is 0 Å². The van der Waals surface area contributed by atoms with Gasteiger partial charge in [0.25, 0.3) is 5.56 Å². The average molecular weight is 301 g/mol. The van der Waals surface area contributed by atoms with Crippen LogP contribution in [0.5, 0.6) is 0 Å². The SMILES string of the molecule is O=C(CCn1ccccc1=O)N1CCC[C@H](n2cncn2)C1. The molecule has 0 spiro atoms. The second kappa shape index (κ2) is 6.55. The highest BCUT2D eigenvalue weighted by Gasteiger charge is 2.24. The molecule has 3 rings (SSSR count).